The predicted molar refractivity (Wildman–Crippen MR) is 81.6 cm³/mol. The zero-order chi connectivity index (χ0) is 14.5. The predicted octanol–water partition coefficient (Wildman–Crippen LogP) is 1.98. The number of pyridine rings is 1. The second-order valence-electron chi connectivity index (χ2n) is 5.84. The average Bonchev–Trinajstić information content (AvgIpc) is 2.57. The molecule has 5 nitrogen and oxygen atoms in total. The van der Waals surface area contributed by atoms with Crippen molar-refractivity contribution in [2.45, 2.75) is 38.1 Å². The standard InChI is InChI=1S/C16H23N3O2/c20-16(18-14-4-2-1-3-5-14)13-10-15(12-17-11-13)19-6-8-21-9-7-19/h10-12,14H,1-9H2,(H,18,20). The number of nitrogens with zero attached hydrogens (tertiary/aromatic N) is 2. The van der Waals surface area contributed by atoms with E-state index in [9.17, 15) is 4.79 Å². The number of nitrogens with one attached hydrogen (secondary N) is 1. The Labute approximate surface area is 125 Å². The molecule has 1 aromatic rings. The van der Waals surface area contributed by atoms with Crippen LogP contribution in [-0.2, 0) is 4.74 Å². The molecule has 0 unspecified atom stereocenters. The lowest BCUT2D eigenvalue weighted by Crippen LogP contribution is -2.37. The topological polar surface area (TPSA) is 54.5 Å². The van der Waals surface area contributed by atoms with E-state index in [1.54, 1.807) is 6.20 Å². The van der Waals surface area contributed by atoms with Crippen LogP contribution < -0.4 is 10.2 Å². The number of aromatic nitrogens is 1. The Morgan fingerprint density at radius 3 is 2.71 bits per heavy atom. The molecule has 1 saturated carbocycles. The number of rotatable bonds is 3. The first-order valence-electron chi connectivity index (χ1n) is 7.91. The number of amides is 1. The number of carbonyl (C=O) groups excluding carboxylic acids is 1. The first kappa shape index (κ1) is 14.3. The molecular formula is C16H23N3O2. The van der Waals surface area contributed by atoms with Gasteiger partial charge in [-0.3, -0.25) is 9.78 Å². The molecule has 1 aliphatic heterocycles. The Kier molecular flexibility index (Phi) is 4.70. The molecule has 114 valence electrons. The molecule has 21 heavy (non-hydrogen) atoms. The smallest absolute Gasteiger partial charge is 0.253 e. The van der Waals surface area contributed by atoms with Crippen molar-refractivity contribution in [3.8, 4) is 0 Å². The summed E-state index contributed by atoms with van der Waals surface area (Å²) in [5.41, 5.74) is 1.67. The molecule has 0 spiro atoms. The van der Waals surface area contributed by atoms with E-state index < -0.39 is 0 Å². The molecule has 0 aromatic carbocycles. The maximum atomic E-state index is 12.4. The summed E-state index contributed by atoms with van der Waals surface area (Å²) in [7, 11) is 0. The zero-order valence-corrected chi connectivity index (χ0v) is 12.4. The van der Waals surface area contributed by atoms with Crippen LogP contribution in [0.1, 0.15) is 42.5 Å². The molecule has 1 amide bonds. The summed E-state index contributed by atoms with van der Waals surface area (Å²) in [6.45, 7) is 3.18. The molecule has 1 N–H and O–H groups in total. The third kappa shape index (κ3) is 3.73. The van der Waals surface area contributed by atoms with Gasteiger partial charge in [-0.1, -0.05) is 19.3 Å². The minimum atomic E-state index is 0.00418. The van der Waals surface area contributed by atoms with Crippen LogP contribution in [0, 0.1) is 0 Å². The molecule has 5 heteroatoms. The van der Waals surface area contributed by atoms with Crippen molar-refractivity contribution in [1.82, 2.24) is 10.3 Å². The van der Waals surface area contributed by atoms with Gasteiger partial charge in [0.1, 0.15) is 0 Å². The summed E-state index contributed by atoms with van der Waals surface area (Å²) in [6, 6.07) is 2.27. The van der Waals surface area contributed by atoms with Gasteiger partial charge < -0.3 is 15.0 Å². The van der Waals surface area contributed by atoms with Crippen molar-refractivity contribution in [3.63, 3.8) is 0 Å². The molecule has 0 radical (unpaired) electrons. The average molecular weight is 289 g/mol. The quantitative estimate of drug-likeness (QED) is 0.924. The number of anilines is 1. The fourth-order valence-corrected chi connectivity index (χ4v) is 3.06. The maximum Gasteiger partial charge on any atom is 0.253 e. The Hall–Kier alpha value is -1.62. The van der Waals surface area contributed by atoms with Gasteiger partial charge in [-0.05, 0) is 18.9 Å². The summed E-state index contributed by atoms with van der Waals surface area (Å²) in [5, 5.41) is 3.14. The highest BCUT2D eigenvalue weighted by Crippen LogP contribution is 2.19. The number of ether oxygens (including phenoxy) is 1. The normalized spacial score (nSPS) is 20.3. The van der Waals surface area contributed by atoms with Crippen molar-refractivity contribution in [2.24, 2.45) is 0 Å². The van der Waals surface area contributed by atoms with Crippen LogP contribution >= 0.6 is 0 Å². The molecule has 2 heterocycles. The third-order valence-corrected chi connectivity index (χ3v) is 4.30. The molecule has 0 atom stereocenters. The van der Waals surface area contributed by atoms with Gasteiger partial charge in [0, 0.05) is 25.3 Å². The Bertz CT molecular complexity index is 480. The highest BCUT2D eigenvalue weighted by atomic mass is 16.5. The van der Waals surface area contributed by atoms with Crippen LogP contribution in [0.15, 0.2) is 18.5 Å². The molecule has 1 aliphatic carbocycles. The van der Waals surface area contributed by atoms with Crippen LogP contribution in [0.25, 0.3) is 0 Å². The second kappa shape index (κ2) is 6.89. The number of hydrogen-bond donors (Lipinski definition) is 1. The van der Waals surface area contributed by atoms with Crippen LogP contribution in [0.5, 0.6) is 0 Å². The third-order valence-electron chi connectivity index (χ3n) is 4.30. The highest BCUT2D eigenvalue weighted by molar-refractivity contribution is 5.94. The summed E-state index contributed by atoms with van der Waals surface area (Å²) >= 11 is 0. The van der Waals surface area contributed by atoms with Crippen LogP contribution in [0.4, 0.5) is 5.69 Å². The molecular weight excluding hydrogens is 266 g/mol. The summed E-state index contributed by atoms with van der Waals surface area (Å²) in [5.74, 6) is 0.00418. The van der Waals surface area contributed by atoms with Gasteiger partial charge >= 0.3 is 0 Å². The van der Waals surface area contributed by atoms with Crippen LogP contribution in [0.3, 0.4) is 0 Å². The van der Waals surface area contributed by atoms with Crippen LogP contribution in [-0.4, -0.2) is 43.2 Å². The van der Waals surface area contributed by atoms with Gasteiger partial charge in [-0.25, -0.2) is 0 Å². The Morgan fingerprint density at radius 2 is 1.95 bits per heavy atom. The Balaban J connectivity index is 1.65. The zero-order valence-electron chi connectivity index (χ0n) is 12.4. The highest BCUT2D eigenvalue weighted by Gasteiger charge is 2.18. The van der Waals surface area contributed by atoms with E-state index in [1.165, 1.54) is 19.3 Å². The maximum absolute atomic E-state index is 12.4. The molecule has 1 aromatic heterocycles. The van der Waals surface area contributed by atoms with E-state index in [0.29, 0.717) is 11.6 Å². The first-order chi connectivity index (χ1) is 10.3. The molecule has 3 rings (SSSR count). The molecule has 1 saturated heterocycles. The Morgan fingerprint density at radius 1 is 1.19 bits per heavy atom. The van der Waals surface area contributed by atoms with Crippen molar-refractivity contribution in [3.05, 3.63) is 24.0 Å². The van der Waals surface area contributed by atoms with Gasteiger partial charge in [-0.15, -0.1) is 0 Å². The van der Waals surface area contributed by atoms with E-state index >= 15 is 0 Å². The van der Waals surface area contributed by atoms with E-state index in [0.717, 1.165) is 44.8 Å². The van der Waals surface area contributed by atoms with Gasteiger partial charge in [0.05, 0.1) is 30.7 Å². The summed E-state index contributed by atoms with van der Waals surface area (Å²) in [6.07, 6.45) is 9.41. The largest absolute Gasteiger partial charge is 0.378 e. The molecule has 2 fully saturated rings. The van der Waals surface area contributed by atoms with Crippen molar-refractivity contribution >= 4 is 11.6 Å². The number of morpholine rings is 1. The fourth-order valence-electron chi connectivity index (χ4n) is 3.06. The monoisotopic (exact) mass is 289 g/mol. The lowest BCUT2D eigenvalue weighted by Gasteiger charge is -2.28. The van der Waals surface area contributed by atoms with Crippen LogP contribution in [0.2, 0.25) is 0 Å². The van der Waals surface area contributed by atoms with Gasteiger partial charge in [-0.2, -0.15) is 0 Å². The van der Waals surface area contributed by atoms with E-state index in [4.69, 9.17) is 4.74 Å². The first-order valence-corrected chi connectivity index (χ1v) is 7.91. The van der Waals surface area contributed by atoms with E-state index in [-0.39, 0.29) is 5.91 Å². The van der Waals surface area contributed by atoms with Gasteiger partial charge in [0.25, 0.3) is 5.91 Å². The minimum Gasteiger partial charge on any atom is -0.378 e. The summed E-state index contributed by atoms with van der Waals surface area (Å²) in [4.78, 5) is 18.8. The van der Waals surface area contributed by atoms with Gasteiger partial charge in [0.15, 0.2) is 0 Å². The lowest BCUT2D eigenvalue weighted by atomic mass is 9.95. The summed E-state index contributed by atoms with van der Waals surface area (Å²) < 4.78 is 5.36. The van der Waals surface area contributed by atoms with E-state index in [1.807, 2.05) is 12.3 Å². The van der Waals surface area contributed by atoms with Gasteiger partial charge in [0.2, 0.25) is 0 Å². The molecule has 0 bridgehead atoms. The van der Waals surface area contributed by atoms with Crippen molar-refractivity contribution in [2.75, 3.05) is 31.2 Å². The minimum absolute atomic E-state index is 0.00418. The lowest BCUT2D eigenvalue weighted by molar-refractivity contribution is 0.0927. The molecule has 2 aliphatic rings. The second-order valence-corrected chi connectivity index (χ2v) is 5.84. The van der Waals surface area contributed by atoms with Crippen molar-refractivity contribution in [1.29, 1.82) is 0 Å². The van der Waals surface area contributed by atoms with Crippen molar-refractivity contribution < 1.29 is 9.53 Å². The van der Waals surface area contributed by atoms with E-state index in [2.05, 4.69) is 15.2 Å². The SMILES string of the molecule is O=C(NC1CCCCC1)c1cncc(N2CCOCC2)c1. The fraction of sp³-hybridized carbons (Fsp3) is 0.625. The number of hydrogen-bond acceptors (Lipinski definition) is 4. The number of carbonyl (C=O) groups is 1.